The number of rotatable bonds is 5. The molecule has 4 aromatic rings. The lowest BCUT2D eigenvalue weighted by Crippen LogP contribution is -2.17. The fraction of sp³-hybridized carbons (Fsp3) is 0.0952. The molecule has 0 bridgehead atoms. The fourth-order valence-corrected chi connectivity index (χ4v) is 3.15. The summed E-state index contributed by atoms with van der Waals surface area (Å²) >= 11 is 6.14. The van der Waals surface area contributed by atoms with Crippen molar-refractivity contribution in [1.29, 1.82) is 0 Å². The summed E-state index contributed by atoms with van der Waals surface area (Å²) in [6, 6.07) is 18.3. The lowest BCUT2D eigenvalue weighted by atomic mass is 10.1. The zero-order valence-corrected chi connectivity index (χ0v) is 15.5. The lowest BCUT2D eigenvalue weighted by molar-refractivity contribution is 0.0726. The number of aromatic amines is 2. The van der Waals surface area contributed by atoms with E-state index in [1.54, 1.807) is 24.3 Å². The van der Waals surface area contributed by atoms with Gasteiger partial charge in [0.25, 0.3) is 5.56 Å². The van der Waals surface area contributed by atoms with E-state index in [1.807, 2.05) is 30.3 Å². The highest BCUT2D eigenvalue weighted by molar-refractivity contribution is 6.35. The van der Waals surface area contributed by atoms with Crippen molar-refractivity contribution in [2.24, 2.45) is 0 Å². The Balaban J connectivity index is 1.49. The van der Waals surface area contributed by atoms with Crippen molar-refractivity contribution in [3.63, 3.8) is 0 Å². The number of nitrogens with zero attached hydrogens (tertiary/aromatic N) is 1. The van der Waals surface area contributed by atoms with E-state index in [9.17, 15) is 9.59 Å². The van der Waals surface area contributed by atoms with Gasteiger partial charge >= 0.3 is 5.97 Å². The molecule has 0 radical (unpaired) electrons. The number of fused-ring (bicyclic) bond motifs is 1. The molecule has 0 aliphatic carbocycles. The number of benzene rings is 2. The van der Waals surface area contributed by atoms with Crippen molar-refractivity contribution in [2.45, 2.75) is 12.8 Å². The lowest BCUT2D eigenvalue weighted by Gasteiger charge is -2.05. The van der Waals surface area contributed by atoms with Crippen molar-refractivity contribution in [2.75, 3.05) is 0 Å². The van der Waals surface area contributed by atoms with Crippen molar-refractivity contribution >= 4 is 28.5 Å². The summed E-state index contributed by atoms with van der Waals surface area (Å²) in [5, 5.41) is 7.87. The van der Waals surface area contributed by atoms with E-state index >= 15 is 0 Å². The molecule has 6 nitrogen and oxygen atoms in total. The van der Waals surface area contributed by atoms with Gasteiger partial charge in [-0.25, -0.2) is 4.79 Å². The number of nitrogens with one attached hydrogen (secondary N) is 2. The molecule has 28 heavy (non-hydrogen) atoms. The molecule has 0 saturated carbocycles. The maximum atomic E-state index is 12.4. The topological polar surface area (TPSA) is 87.8 Å². The molecule has 0 atom stereocenters. The van der Waals surface area contributed by atoms with Crippen LogP contribution in [0.5, 0.6) is 5.75 Å². The second-order valence-electron chi connectivity index (χ2n) is 6.31. The molecule has 0 aliphatic rings. The van der Waals surface area contributed by atoms with Gasteiger partial charge in [0.2, 0.25) is 0 Å². The summed E-state index contributed by atoms with van der Waals surface area (Å²) in [4.78, 5) is 27.2. The normalized spacial score (nSPS) is 10.9. The molecule has 2 aromatic heterocycles. The van der Waals surface area contributed by atoms with Crippen LogP contribution < -0.4 is 10.3 Å². The Morgan fingerprint density at radius 1 is 1.04 bits per heavy atom. The molecule has 0 amide bonds. The molecule has 140 valence electrons. The number of esters is 1. The molecule has 2 heterocycles. The first-order valence-corrected chi connectivity index (χ1v) is 9.10. The first-order chi connectivity index (χ1) is 13.6. The summed E-state index contributed by atoms with van der Waals surface area (Å²) < 4.78 is 5.26. The van der Waals surface area contributed by atoms with Gasteiger partial charge in [-0.2, -0.15) is 5.10 Å². The maximum Gasteiger partial charge on any atom is 0.361 e. The van der Waals surface area contributed by atoms with Crippen molar-refractivity contribution in [1.82, 2.24) is 15.2 Å². The maximum absolute atomic E-state index is 12.4. The number of halogens is 1. The van der Waals surface area contributed by atoms with Crippen LogP contribution in [0.4, 0.5) is 0 Å². The Labute approximate surface area is 165 Å². The predicted molar refractivity (Wildman–Crippen MR) is 107 cm³/mol. The van der Waals surface area contributed by atoms with E-state index in [2.05, 4.69) is 15.2 Å². The third-order valence-corrected chi connectivity index (χ3v) is 4.70. The summed E-state index contributed by atoms with van der Waals surface area (Å²) in [5.41, 5.74) is 2.18. The van der Waals surface area contributed by atoms with Crippen molar-refractivity contribution < 1.29 is 9.53 Å². The van der Waals surface area contributed by atoms with E-state index in [4.69, 9.17) is 16.3 Å². The number of H-pyrrole nitrogens is 2. The number of pyridine rings is 1. The minimum Gasteiger partial charge on any atom is -0.416 e. The Kier molecular flexibility index (Phi) is 4.95. The second kappa shape index (κ2) is 7.70. The van der Waals surface area contributed by atoms with Crippen LogP contribution in [0.1, 0.15) is 21.7 Å². The van der Waals surface area contributed by atoms with Gasteiger partial charge < -0.3 is 9.72 Å². The van der Waals surface area contributed by atoms with Gasteiger partial charge in [0.05, 0.1) is 16.2 Å². The molecule has 0 saturated heterocycles. The molecule has 7 heteroatoms. The first kappa shape index (κ1) is 18.0. The number of carbonyl (C=O) groups is 1. The highest BCUT2D eigenvalue weighted by atomic mass is 35.5. The van der Waals surface area contributed by atoms with Crippen LogP contribution in [0.25, 0.3) is 10.9 Å². The van der Waals surface area contributed by atoms with Crippen molar-refractivity contribution in [3.8, 4) is 5.75 Å². The zero-order valence-electron chi connectivity index (χ0n) is 14.7. The molecule has 2 N–H and O–H groups in total. The van der Waals surface area contributed by atoms with Crippen LogP contribution in [0.15, 0.2) is 65.5 Å². The standard InChI is InChI=1S/C21H16ClN3O3/c22-16-7-4-8-17-15(16)12-19(20(26)23-17)28-21(27)18-11-14(24-25-18)10-9-13-5-2-1-3-6-13/h1-8,11-12H,9-10H2,(H,23,26)(H,24,25). The summed E-state index contributed by atoms with van der Waals surface area (Å²) in [5.74, 6) is -0.804. The number of hydrogen-bond donors (Lipinski definition) is 2. The third kappa shape index (κ3) is 3.82. The van der Waals surface area contributed by atoms with E-state index in [-0.39, 0.29) is 11.4 Å². The van der Waals surface area contributed by atoms with Gasteiger partial charge in [0.15, 0.2) is 5.75 Å². The highest BCUT2D eigenvalue weighted by Crippen LogP contribution is 2.23. The first-order valence-electron chi connectivity index (χ1n) is 8.72. The molecule has 0 fully saturated rings. The third-order valence-electron chi connectivity index (χ3n) is 4.37. The monoisotopic (exact) mass is 393 g/mol. The molecule has 0 spiro atoms. The summed E-state index contributed by atoms with van der Waals surface area (Å²) in [7, 11) is 0. The Morgan fingerprint density at radius 3 is 2.68 bits per heavy atom. The fourth-order valence-electron chi connectivity index (χ4n) is 2.92. The van der Waals surface area contributed by atoms with Gasteiger partial charge in [0, 0.05) is 5.39 Å². The van der Waals surface area contributed by atoms with Gasteiger partial charge in [-0.1, -0.05) is 48.0 Å². The van der Waals surface area contributed by atoms with Crippen LogP contribution in [0.3, 0.4) is 0 Å². The molecule has 4 rings (SSSR count). The quantitative estimate of drug-likeness (QED) is 0.503. The Morgan fingerprint density at radius 2 is 1.86 bits per heavy atom. The number of ether oxygens (including phenoxy) is 1. The van der Waals surface area contributed by atoms with Gasteiger partial charge in [-0.05, 0) is 42.7 Å². The SMILES string of the molecule is O=C(Oc1cc2c(Cl)cccc2[nH]c1=O)c1cc(CCc2ccccc2)n[nH]1. The molecule has 0 aliphatic heterocycles. The summed E-state index contributed by atoms with van der Waals surface area (Å²) in [6.07, 6.45) is 1.49. The summed E-state index contributed by atoms with van der Waals surface area (Å²) in [6.45, 7) is 0. The van der Waals surface area contributed by atoms with E-state index in [0.29, 0.717) is 22.3 Å². The zero-order chi connectivity index (χ0) is 19.5. The van der Waals surface area contributed by atoms with Gasteiger partial charge in [0.1, 0.15) is 5.69 Å². The largest absolute Gasteiger partial charge is 0.416 e. The second-order valence-corrected chi connectivity index (χ2v) is 6.72. The number of aromatic nitrogens is 3. The predicted octanol–water partition coefficient (Wildman–Crippen LogP) is 3.91. The average Bonchev–Trinajstić information content (AvgIpc) is 3.18. The minimum atomic E-state index is -0.685. The average molecular weight is 394 g/mol. The number of hydrogen-bond acceptors (Lipinski definition) is 4. The van der Waals surface area contributed by atoms with Crippen LogP contribution >= 0.6 is 11.6 Å². The van der Waals surface area contributed by atoms with Crippen molar-refractivity contribution in [3.05, 3.63) is 93.0 Å². The number of carbonyl (C=O) groups excluding carboxylic acids is 1. The molecular formula is C21H16ClN3O3. The Bertz CT molecular complexity index is 1200. The molecule has 0 unspecified atom stereocenters. The smallest absolute Gasteiger partial charge is 0.361 e. The van der Waals surface area contributed by atoms with Crippen LogP contribution in [0, 0.1) is 0 Å². The number of aryl methyl sites for hydroxylation is 2. The molecular weight excluding hydrogens is 378 g/mol. The van der Waals surface area contributed by atoms with Crippen LogP contribution in [0.2, 0.25) is 5.02 Å². The van der Waals surface area contributed by atoms with Crippen LogP contribution in [-0.2, 0) is 12.8 Å². The van der Waals surface area contributed by atoms with E-state index < -0.39 is 11.5 Å². The van der Waals surface area contributed by atoms with Gasteiger partial charge in [-0.3, -0.25) is 9.89 Å². The highest BCUT2D eigenvalue weighted by Gasteiger charge is 2.15. The van der Waals surface area contributed by atoms with E-state index in [0.717, 1.165) is 12.1 Å². The minimum absolute atomic E-state index is 0.119. The Hall–Kier alpha value is -3.38. The van der Waals surface area contributed by atoms with Crippen LogP contribution in [-0.4, -0.2) is 21.2 Å². The van der Waals surface area contributed by atoms with Gasteiger partial charge in [-0.15, -0.1) is 0 Å². The molecule has 2 aromatic carbocycles. The van der Waals surface area contributed by atoms with E-state index in [1.165, 1.54) is 11.6 Å².